The Morgan fingerprint density at radius 2 is 2.47 bits per heavy atom. The minimum atomic E-state index is -0.266. The maximum Gasteiger partial charge on any atom is 0.256 e. The summed E-state index contributed by atoms with van der Waals surface area (Å²) in [5, 5.41) is 12.7. The van der Waals surface area contributed by atoms with E-state index in [0.717, 1.165) is 0 Å². The normalized spacial score (nSPS) is 10.4. The van der Waals surface area contributed by atoms with Crippen LogP contribution < -0.4 is 11.1 Å². The molecule has 4 N–H and O–H groups in total. The largest absolute Gasteiger partial charge is 0.382 e. The maximum absolute atomic E-state index is 11.8. The van der Waals surface area contributed by atoms with Crippen LogP contribution in [0.1, 0.15) is 21.9 Å². The molecule has 0 bridgehead atoms. The number of nitrogens with zero attached hydrogens (tertiary/aromatic N) is 3. The summed E-state index contributed by atoms with van der Waals surface area (Å²) in [4.78, 5) is 15.6. The fourth-order valence-corrected chi connectivity index (χ4v) is 1.41. The summed E-state index contributed by atoms with van der Waals surface area (Å²) in [7, 11) is 0. The lowest BCUT2D eigenvalue weighted by atomic mass is 10.2. The second-order valence-corrected chi connectivity index (χ2v) is 3.46. The van der Waals surface area contributed by atoms with E-state index in [-0.39, 0.29) is 11.7 Å². The van der Waals surface area contributed by atoms with Gasteiger partial charge in [-0.2, -0.15) is 10.1 Å². The van der Waals surface area contributed by atoms with Crippen LogP contribution >= 0.6 is 0 Å². The highest BCUT2D eigenvalue weighted by Gasteiger charge is 2.15. The fourth-order valence-electron chi connectivity index (χ4n) is 1.41. The third-order valence-electron chi connectivity index (χ3n) is 2.24. The third kappa shape index (κ3) is 2.41. The van der Waals surface area contributed by atoms with Crippen LogP contribution in [-0.4, -0.2) is 32.8 Å². The van der Waals surface area contributed by atoms with Crippen molar-refractivity contribution in [1.29, 1.82) is 0 Å². The van der Waals surface area contributed by atoms with Gasteiger partial charge in [0.1, 0.15) is 5.56 Å². The maximum atomic E-state index is 11.8. The van der Waals surface area contributed by atoms with Gasteiger partial charge in [0.15, 0.2) is 11.6 Å². The highest BCUT2D eigenvalue weighted by molar-refractivity contribution is 5.99. The molecule has 17 heavy (non-hydrogen) atoms. The molecule has 2 aromatic rings. The summed E-state index contributed by atoms with van der Waals surface area (Å²) >= 11 is 0. The van der Waals surface area contributed by atoms with E-state index in [1.807, 2.05) is 0 Å². The van der Waals surface area contributed by atoms with Gasteiger partial charge in [-0.05, 0) is 6.92 Å². The van der Waals surface area contributed by atoms with Crippen LogP contribution in [0.3, 0.4) is 0 Å². The molecule has 90 valence electrons. The summed E-state index contributed by atoms with van der Waals surface area (Å²) in [6, 6.07) is 0. The van der Waals surface area contributed by atoms with Crippen LogP contribution in [-0.2, 0) is 6.42 Å². The number of hydrogen-bond donors (Lipinski definition) is 3. The van der Waals surface area contributed by atoms with Gasteiger partial charge in [-0.3, -0.25) is 9.89 Å². The molecule has 2 rings (SSSR count). The highest BCUT2D eigenvalue weighted by atomic mass is 16.5. The second-order valence-electron chi connectivity index (χ2n) is 3.46. The van der Waals surface area contributed by atoms with Gasteiger partial charge in [0.2, 0.25) is 6.39 Å². The van der Waals surface area contributed by atoms with E-state index in [4.69, 9.17) is 5.73 Å². The Morgan fingerprint density at radius 3 is 3.06 bits per heavy atom. The van der Waals surface area contributed by atoms with Gasteiger partial charge in [-0.1, -0.05) is 5.16 Å². The van der Waals surface area contributed by atoms with E-state index in [2.05, 4.69) is 30.2 Å². The zero-order valence-corrected chi connectivity index (χ0v) is 9.23. The predicted octanol–water partition coefficient (Wildman–Crippen LogP) is -0.344. The lowest BCUT2D eigenvalue weighted by Gasteiger charge is -2.02. The minimum Gasteiger partial charge on any atom is -0.382 e. The molecule has 0 aliphatic heterocycles. The van der Waals surface area contributed by atoms with E-state index in [1.165, 1.54) is 6.39 Å². The van der Waals surface area contributed by atoms with Crippen LogP contribution in [0.2, 0.25) is 0 Å². The number of carbonyl (C=O) groups is 1. The highest BCUT2D eigenvalue weighted by Crippen LogP contribution is 2.11. The molecule has 0 fully saturated rings. The molecule has 0 unspecified atom stereocenters. The number of aromatic amines is 1. The molecule has 2 aromatic heterocycles. The van der Waals surface area contributed by atoms with Crippen molar-refractivity contribution in [3.05, 3.63) is 23.5 Å². The molecule has 0 atom stereocenters. The van der Waals surface area contributed by atoms with Gasteiger partial charge in [-0.25, -0.2) is 0 Å². The topological polar surface area (TPSA) is 123 Å². The van der Waals surface area contributed by atoms with Gasteiger partial charge in [0.05, 0.1) is 0 Å². The zero-order chi connectivity index (χ0) is 12.3. The van der Waals surface area contributed by atoms with E-state index in [1.54, 1.807) is 6.92 Å². The van der Waals surface area contributed by atoms with E-state index >= 15 is 0 Å². The first-order valence-corrected chi connectivity index (χ1v) is 5.02. The molecule has 0 radical (unpaired) electrons. The number of anilines is 1. The van der Waals surface area contributed by atoms with E-state index < -0.39 is 0 Å². The average Bonchev–Trinajstić information content (AvgIpc) is 2.89. The number of rotatable bonds is 4. The van der Waals surface area contributed by atoms with Gasteiger partial charge < -0.3 is 15.6 Å². The van der Waals surface area contributed by atoms with Gasteiger partial charge in [-0.15, -0.1) is 0 Å². The monoisotopic (exact) mass is 236 g/mol. The molecule has 8 heteroatoms. The lowest BCUT2D eigenvalue weighted by molar-refractivity contribution is 0.0954. The van der Waals surface area contributed by atoms with Crippen molar-refractivity contribution >= 4 is 11.7 Å². The van der Waals surface area contributed by atoms with Crippen molar-refractivity contribution in [2.75, 3.05) is 12.3 Å². The Balaban J connectivity index is 1.90. The van der Waals surface area contributed by atoms with Crippen LogP contribution in [0.15, 0.2) is 10.9 Å². The standard InChI is InChI=1S/C9H12N6O2/c1-5-7(8(10)14-13-5)9(16)11-3-2-6-12-4-17-15-6/h4H,2-3H2,1H3,(H,11,16)(H3,10,13,14). The Kier molecular flexibility index (Phi) is 3.03. The first-order valence-electron chi connectivity index (χ1n) is 5.02. The number of nitrogens with one attached hydrogen (secondary N) is 2. The lowest BCUT2D eigenvalue weighted by Crippen LogP contribution is -2.27. The summed E-state index contributed by atoms with van der Waals surface area (Å²) in [5.74, 6) is 0.471. The number of nitrogen functional groups attached to an aromatic ring is 1. The third-order valence-corrected chi connectivity index (χ3v) is 2.24. The van der Waals surface area contributed by atoms with Crippen LogP contribution in [0.25, 0.3) is 0 Å². The number of hydrogen-bond acceptors (Lipinski definition) is 6. The second kappa shape index (κ2) is 4.64. The van der Waals surface area contributed by atoms with Gasteiger partial charge >= 0.3 is 0 Å². The average molecular weight is 236 g/mol. The molecule has 0 spiro atoms. The Bertz CT molecular complexity index is 484. The molecule has 0 aromatic carbocycles. The van der Waals surface area contributed by atoms with E-state index in [0.29, 0.717) is 30.0 Å². The van der Waals surface area contributed by atoms with Crippen LogP contribution in [0, 0.1) is 6.92 Å². The number of carbonyl (C=O) groups excluding carboxylic acids is 1. The molecule has 0 aliphatic rings. The van der Waals surface area contributed by atoms with Crippen molar-refractivity contribution in [3.63, 3.8) is 0 Å². The van der Waals surface area contributed by atoms with Crippen LogP contribution in [0.5, 0.6) is 0 Å². The Morgan fingerprint density at radius 1 is 1.65 bits per heavy atom. The molecular weight excluding hydrogens is 224 g/mol. The van der Waals surface area contributed by atoms with Crippen molar-refractivity contribution < 1.29 is 9.32 Å². The fraction of sp³-hybridized carbons (Fsp3) is 0.333. The first-order chi connectivity index (χ1) is 8.18. The van der Waals surface area contributed by atoms with E-state index in [9.17, 15) is 4.79 Å². The molecule has 0 aliphatic carbocycles. The van der Waals surface area contributed by atoms with Crippen molar-refractivity contribution in [2.24, 2.45) is 0 Å². The van der Waals surface area contributed by atoms with Crippen molar-refractivity contribution in [1.82, 2.24) is 25.7 Å². The summed E-state index contributed by atoms with van der Waals surface area (Å²) in [6.45, 7) is 2.14. The van der Waals surface area contributed by atoms with Gasteiger partial charge in [0.25, 0.3) is 5.91 Å². The molecular formula is C9H12N6O2. The predicted molar refractivity (Wildman–Crippen MR) is 58.1 cm³/mol. The smallest absolute Gasteiger partial charge is 0.256 e. The molecule has 1 amide bonds. The van der Waals surface area contributed by atoms with Gasteiger partial charge in [0, 0.05) is 18.7 Å². The van der Waals surface area contributed by atoms with Crippen LogP contribution in [0.4, 0.5) is 5.82 Å². The number of amides is 1. The minimum absolute atomic E-state index is 0.194. The zero-order valence-electron chi connectivity index (χ0n) is 9.23. The Hall–Kier alpha value is -2.38. The number of nitrogens with two attached hydrogens (primary N) is 1. The number of H-pyrrole nitrogens is 1. The molecule has 0 saturated carbocycles. The quantitative estimate of drug-likeness (QED) is 0.667. The van der Waals surface area contributed by atoms with Crippen molar-refractivity contribution in [2.45, 2.75) is 13.3 Å². The summed E-state index contributed by atoms with van der Waals surface area (Å²) in [5.41, 5.74) is 6.58. The Labute approximate surface area is 96.6 Å². The number of aryl methyl sites for hydroxylation is 1. The number of aromatic nitrogens is 4. The molecule has 0 saturated heterocycles. The summed E-state index contributed by atoms with van der Waals surface area (Å²) in [6.07, 6.45) is 1.74. The summed E-state index contributed by atoms with van der Waals surface area (Å²) < 4.78 is 4.57. The molecule has 2 heterocycles. The van der Waals surface area contributed by atoms with Crippen molar-refractivity contribution in [3.8, 4) is 0 Å². The SMILES string of the molecule is Cc1[nH]nc(N)c1C(=O)NCCc1ncon1. The molecule has 8 nitrogen and oxygen atoms in total. The first kappa shape index (κ1) is 11.1.